The molecule has 1 aliphatic heterocycles. The Morgan fingerprint density at radius 3 is 2.95 bits per heavy atom. The number of carbonyl (C=O) groups is 1. The summed E-state index contributed by atoms with van der Waals surface area (Å²) in [6.45, 7) is 3.43. The average molecular weight is 343 g/mol. The second-order valence-corrected chi connectivity index (χ2v) is 5.99. The van der Waals surface area contributed by atoms with E-state index in [1.807, 2.05) is 23.3 Å². The number of morpholine rings is 1. The third kappa shape index (κ3) is 3.52. The summed E-state index contributed by atoms with van der Waals surface area (Å²) in [7, 11) is 0. The molecule has 0 spiro atoms. The van der Waals surface area contributed by atoms with Crippen molar-refractivity contribution in [2.45, 2.75) is 25.7 Å². The molecule has 2 atom stereocenters. The minimum Gasteiger partial charge on any atom is -0.467 e. The maximum Gasteiger partial charge on any atom is 0.257 e. The molecule has 2 N–H and O–H groups in total. The van der Waals surface area contributed by atoms with Crippen LogP contribution in [-0.4, -0.2) is 30.0 Å². The van der Waals surface area contributed by atoms with Gasteiger partial charge in [0.15, 0.2) is 0 Å². The predicted octanol–water partition coefficient (Wildman–Crippen LogP) is 2.82. The van der Waals surface area contributed by atoms with Crippen LogP contribution in [0.2, 0.25) is 0 Å². The molecule has 1 fully saturated rings. The summed E-state index contributed by atoms with van der Waals surface area (Å²) in [5, 5.41) is 4.09. The Labute approximate surface area is 139 Å². The van der Waals surface area contributed by atoms with Gasteiger partial charge in [-0.3, -0.25) is 4.79 Å². The van der Waals surface area contributed by atoms with Gasteiger partial charge in [-0.1, -0.05) is 0 Å². The van der Waals surface area contributed by atoms with Crippen molar-refractivity contribution in [3.05, 3.63) is 46.0 Å². The summed E-state index contributed by atoms with van der Waals surface area (Å²) in [5.74, 6) is 0.586. The van der Waals surface area contributed by atoms with Gasteiger partial charge in [0.05, 0.1) is 24.8 Å². The van der Waals surface area contributed by atoms with Gasteiger partial charge in [-0.25, -0.2) is 0 Å². The molecule has 0 radical (unpaired) electrons. The van der Waals surface area contributed by atoms with Gasteiger partial charge in [0.25, 0.3) is 5.91 Å². The van der Waals surface area contributed by atoms with Gasteiger partial charge in [0, 0.05) is 6.54 Å². The first-order valence-corrected chi connectivity index (χ1v) is 7.86. The van der Waals surface area contributed by atoms with E-state index in [2.05, 4.69) is 5.38 Å². The lowest BCUT2D eigenvalue weighted by Gasteiger charge is -2.36. The number of carbonyl (C=O) groups excluding carboxylic acids is 1. The van der Waals surface area contributed by atoms with Crippen molar-refractivity contribution >= 4 is 29.7 Å². The highest BCUT2D eigenvalue weighted by Crippen LogP contribution is 2.27. The SMILES string of the molecule is CC1CN(C(=O)c2coc(CN)c2)CC(c2ccsc2)O1.Cl. The number of hydrogen-bond acceptors (Lipinski definition) is 5. The fourth-order valence-electron chi connectivity index (χ4n) is 2.54. The van der Waals surface area contributed by atoms with Crippen LogP contribution in [0.15, 0.2) is 33.6 Å². The van der Waals surface area contributed by atoms with Crippen molar-refractivity contribution in [1.82, 2.24) is 4.90 Å². The van der Waals surface area contributed by atoms with E-state index in [-0.39, 0.29) is 30.5 Å². The summed E-state index contributed by atoms with van der Waals surface area (Å²) in [6.07, 6.45) is 1.42. The Balaban J connectivity index is 0.00000176. The van der Waals surface area contributed by atoms with Gasteiger partial charge < -0.3 is 19.8 Å². The van der Waals surface area contributed by atoms with Gasteiger partial charge >= 0.3 is 0 Å². The minimum absolute atomic E-state index is 0. The molecular weight excluding hydrogens is 324 g/mol. The van der Waals surface area contributed by atoms with Gasteiger partial charge in [0.2, 0.25) is 0 Å². The van der Waals surface area contributed by atoms with Gasteiger partial charge in [-0.2, -0.15) is 11.3 Å². The second kappa shape index (κ2) is 7.28. The molecule has 22 heavy (non-hydrogen) atoms. The van der Waals surface area contributed by atoms with Crippen molar-refractivity contribution in [3.63, 3.8) is 0 Å². The molecular formula is C15H19ClN2O3S. The van der Waals surface area contributed by atoms with Crippen LogP contribution in [0.4, 0.5) is 0 Å². The highest BCUT2D eigenvalue weighted by molar-refractivity contribution is 7.07. The molecule has 1 amide bonds. The summed E-state index contributed by atoms with van der Waals surface area (Å²) in [6, 6.07) is 3.75. The predicted molar refractivity (Wildman–Crippen MR) is 87.4 cm³/mol. The Morgan fingerprint density at radius 1 is 1.50 bits per heavy atom. The van der Waals surface area contributed by atoms with E-state index < -0.39 is 0 Å². The van der Waals surface area contributed by atoms with Crippen LogP contribution >= 0.6 is 23.7 Å². The van der Waals surface area contributed by atoms with Crippen LogP contribution in [0.3, 0.4) is 0 Å². The molecule has 1 saturated heterocycles. The average Bonchev–Trinajstić information content (AvgIpc) is 3.17. The Hall–Kier alpha value is -1.34. The number of ether oxygens (including phenoxy) is 1. The van der Waals surface area contributed by atoms with Crippen molar-refractivity contribution in [2.24, 2.45) is 5.73 Å². The van der Waals surface area contributed by atoms with Crippen LogP contribution in [-0.2, 0) is 11.3 Å². The van der Waals surface area contributed by atoms with Crippen LogP contribution in [0.5, 0.6) is 0 Å². The van der Waals surface area contributed by atoms with E-state index in [4.69, 9.17) is 14.9 Å². The number of nitrogens with two attached hydrogens (primary N) is 1. The number of halogens is 1. The molecule has 0 bridgehead atoms. The third-order valence-corrected chi connectivity index (χ3v) is 4.27. The number of nitrogens with zero attached hydrogens (tertiary/aromatic N) is 1. The lowest BCUT2D eigenvalue weighted by atomic mass is 10.1. The van der Waals surface area contributed by atoms with Crippen molar-refractivity contribution in [1.29, 1.82) is 0 Å². The second-order valence-electron chi connectivity index (χ2n) is 5.21. The highest BCUT2D eigenvalue weighted by Gasteiger charge is 2.30. The van der Waals surface area contributed by atoms with Crippen LogP contribution in [0.1, 0.15) is 34.7 Å². The Morgan fingerprint density at radius 2 is 2.32 bits per heavy atom. The molecule has 0 aliphatic carbocycles. The quantitative estimate of drug-likeness (QED) is 0.931. The zero-order valence-corrected chi connectivity index (χ0v) is 13.9. The molecule has 2 aromatic heterocycles. The normalized spacial score (nSPS) is 21.5. The van der Waals surface area contributed by atoms with E-state index in [0.717, 1.165) is 5.56 Å². The Kier molecular flexibility index (Phi) is 5.63. The first-order valence-electron chi connectivity index (χ1n) is 6.91. The molecule has 0 saturated carbocycles. The van der Waals surface area contributed by atoms with Crippen LogP contribution in [0.25, 0.3) is 0 Å². The number of rotatable bonds is 3. The zero-order valence-electron chi connectivity index (χ0n) is 12.2. The van der Waals surface area contributed by atoms with Crippen molar-refractivity contribution < 1.29 is 13.9 Å². The van der Waals surface area contributed by atoms with Gasteiger partial charge in [-0.05, 0) is 35.4 Å². The smallest absolute Gasteiger partial charge is 0.257 e. The maximum absolute atomic E-state index is 12.6. The number of amides is 1. The molecule has 0 aromatic carbocycles. The maximum atomic E-state index is 12.6. The molecule has 2 aromatic rings. The molecule has 120 valence electrons. The molecule has 3 rings (SSSR count). The van der Waals surface area contributed by atoms with E-state index in [1.54, 1.807) is 17.4 Å². The first-order chi connectivity index (χ1) is 10.2. The van der Waals surface area contributed by atoms with Gasteiger partial charge in [0.1, 0.15) is 18.1 Å². The lowest BCUT2D eigenvalue weighted by molar-refractivity contribution is -0.0690. The van der Waals surface area contributed by atoms with Crippen LogP contribution in [0, 0.1) is 0 Å². The summed E-state index contributed by atoms with van der Waals surface area (Å²) < 4.78 is 11.2. The first kappa shape index (κ1) is 17.0. The van der Waals surface area contributed by atoms with E-state index in [1.165, 1.54) is 6.26 Å². The van der Waals surface area contributed by atoms with Crippen molar-refractivity contribution in [2.75, 3.05) is 13.1 Å². The lowest BCUT2D eigenvalue weighted by Crippen LogP contribution is -2.45. The fourth-order valence-corrected chi connectivity index (χ4v) is 3.24. The largest absolute Gasteiger partial charge is 0.467 e. The standard InChI is InChI=1S/C15H18N2O3S.ClH/c1-10-6-17(7-14(20-10)11-2-3-21-9-11)15(18)12-4-13(5-16)19-8-12;/h2-4,8-10,14H,5-7,16H2,1H3;1H. The van der Waals surface area contributed by atoms with Crippen molar-refractivity contribution in [3.8, 4) is 0 Å². The van der Waals surface area contributed by atoms with Gasteiger partial charge in [-0.15, -0.1) is 12.4 Å². The highest BCUT2D eigenvalue weighted by atomic mass is 35.5. The number of furan rings is 1. The number of thiophene rings is 1. The monoisotopic (exact) mass is 342 g/mol. The zero-order chi connectivity index (χ0) is 14.8. The topological polar surface area (TPSA) is 68.7 Å². The van der Waals surface area contributed by atoms with E-state index in [0.29, 0.717) is 31.0 Å². The molecule has 5 nitrogen and oxygen atoms in total. The summed E-state index contributed by atoms with van der Waals surface area (Å²) in [5.41, 5.74) is 7.19. The molecule has 1 aliphatic rings. The number of hydrogen-bond donors (Lipinski definition) is 1. The van der Waals surface area contributed by atoms with E-state index in [9.17, 15) is 4.79 Å². The molecule has 3 heterocycles. The third-order valence-electron chi connectivity index (χ3n) is 3.56. The van der Waals surface area contributed by atoms with Crippen LogP contribution < -0.4 is 5.73 Å². The van der Waals surface area contributed by atoms with E-state index >= 15 is 0 Å². The fraction of sp³-hybridized carbons (Fsp3) is 0.400. The molecule has 2 unspecified atom stereocenters. The molecule has 7 heteroatoms. The summed E-state index contributed by atoms with van der Waals surface area (Å²) in [4.78, 5) is 14.4. The Bertz CT molecular complexity index is 614. The minimum atomic E-state index is -0.0650. The summed E-state index contributed by atoms with van der Waals surface area (Å²) >= 11 is 1.63.